The molecule has 1 fully saturated rings. The molecule has 1 aromatic heterocycles. The van der Waals surface area contributed by atoms with Gasteiger partial charge < -0.3 is 16.2 Å². The number of benzene rings is 1. The zero-order valence-corrected chi connectivity index (χ0v) is 13.3. The van der Waals surface area contributed by atoms with Crippen LogP contribution in [0.2, 0.25) is 0 Å². The van der Waals surface area contributed by atoms with Gasteiger partial charge in [0.05, 0.1) is 17.6 Å². The number of hydrogen-bond acceptors (Lipinski definition) is 5. The van der Waals surface area contributed by atoms with Crippen molar-refractivity contribution < 1.29 is 5.11 Å². The number of aromatic hydroxyl groups is 1. The summed E-state index contributed by atoms with van der Waals surface area (Å²) in [7, 11) is 0. The molecule has 5 nitrogen and oxygen atoms in total. The van der Waals surface area contributed by atoms with Crippen LogP contribution in [0.1, 0.15) is 43.7 Å². The summed E-state index contributed by atoms with van der Waals surface area (Å²) < 4.78 is 0. The zero-order valence-electron chi connectivity index (χ0n) is 13.3. The van der Waals surface area contributed by atoms with Crippen LogP contribution in [0, 0.1) is 0 Å². The van der Waals surface area contributed by atoms with Crippen LogP contribution in [-0.2, 0) is 0 Å². The topological polar surface area (TPSA) is 84.1 Å². The minimum absolute atomic E-state index is 0.235. The molecule has 0 spiro atoms. The van der Waals surface area contributed by atoms with Crippen LogP contribution in [0.5, 0.6) is 5.75 Å². The Morgan fingerprint density at radius 2 is 2.09 bits per heavy atom. The number of rotatable bonds is 6. The summed E-state index contributed by atoms with van der Waals surface area (Å²) in [5.74, 6) is 1.40. The monoisotopic (exact) mass is 312 g/mol. The van der Waals surface area contributed by atoms with Crippen molar-refractivity contribution in [2.24, 2.45) is 5.73 Å². The lowest BCUT2D eigenvalue weighted by Gasteiger charge is -2.16. The average molecular weight is 312 g/mol. The Morgan fingerprint density at radius 1 is 1.26 bits per heavy atom. The summed E-state index contributed by atoms with van der Waals surface area (Å²) in [6.07, 6.45) is 7.69. The number of nitrogens with two attached hydrogens (primary N) is 1. The standard InChI is InChI=1S/C18H24N4O/c19-9-4-10-20-16-12-21-18(14-7-3-8-15(23)11-14)22-17(16)13-5-1-2-6-13/h3,7-8,11-13,20,23H,1-2,4-6,9-10,19H2. The van der Waals surface area contributed by atoms with E-state index >= 15 is 0 Å². The van der Waals surface area contributed by atoms with Crippen molar-refractivity contribution >= 4 is 5.69 Å². The SMILES string of the molecule is NCCCNc1cnc(-c2cccc(O)c2)nc1C1CCCC1. The molecule has 1 aromatic carbocycles. The van der Waals surface area contributed by atoms with E-state index in [0.717, 1.165) is 29.9 Å². The Hall–Kier alpha value is -2.14. The summed E-state index contributed by atoms with van der Waals surface area (Å²) in [5.41, 5.74) is 8.54. The molecule has 0 radical (unpaired) electrons. The molecule has 1 aliphatic rings. The second-order valence-electron chi connectivity index (χ2n) is 6.09. The first-order valence-electron chi connectivity index (χ1n) is 8.38. The van der Waals surface area contributed by atoms with Crippen LogP contribution >= 0.6 is 0 Å². The van der Waals surface area contributed by atoms with Gasteiger partial charge in [-0.05, 0) is 37.9 Å². The molecular formula is C18H24N4O. The molecule has 1 heterocycles. The highest BCUT2D eigenvalue weighted by atomic mass is 16.3. The van der Waals surface area contributed by atoms with Crippen molar-refractivity contribution in [3.63, 3.8) is 0 Å². The van der Waals surface area contributed by atoms with Crippen molar-refractivity contribution in [2.75, 3.05) is 18.4 Å². The van der Waals surface area contributed by atoms with Gasteiger partial charge in [0.1, 0.15) is 5.75 Å². The maximum atomic E-state index is 9.67. The molecule has 23 heavy (non-hydrogen) atoms. The summed E-state index contributed by atoms with van der Waals surface area (Å²) in [6, 6.07) is 7.10. The number of phenolic OH excluding ortho intramolecular Hbond substituents is 1. The second kappa shape index (κ2) is 7.42. The van der Waals surface area contributed by atoms with E-state index in [1.807, 2.05) is 18.3 Å². The lowest BCUT2D eigenvalue weighted by Crippen LogP contribution is -2.12. The van der Waals surface area contributed by atoms with Crippen LogP contribution in [0.25, 0.3) is 11.4 Å². The van der Waals surface area contributed by atoms with Crippen LogP contribution in [-0.4, -0.2) is 28.2 Å². The van der Waals surface area contributed by atoms with Gasteiger partial charge in [0.15, 0.2) is 5.82 Å². The van der Waals surface area contributed by atoms with Gasteiger partial charge in [-0.1, -0.05) is 25.0 Å². The maximum Gasteiger partial charge on any atom is 0.159 e. The third-order valence-electron chi connectivity index (χ3n) is 4.36. The third kappa shape index (κ3) is 3.79. The lowest BCUT2D eigenvalue weighted by molar-refractivity contribution is 0.475. The Kier molecular flexibility index (Phi) is 5.08. The Labute approximate surface area is 137 Å². The number of aromatic nitrogens is 2. The van der Waals surface area contributed by atoms with E-state index in [9.17, 15) is 5.11 Å². The van der Waals surface area contributed by atoms with E-state index in [1.165, 1.54) is 25.7 Å². The van der Waals surface area contributed by atoms with Crippen LogP contribution in [0.3, 0.4) is 0 Å². The molecule has 0 atom stereocenters. The molecule has 2 aromatic rings. The van der Waals surface area contributed by atoms with E-state index < -0.39 is 0 Å². The smallest absolute Gasteiger partial charge is 0.159 e. The summed E-state index contributed by atoms with van der Waals surface area (Å²) in [6.45, 7) is 1.51. The molecule has 1 saturated carbocycles. The predicted molar refractivity (Wildman–Crippen MR) is 92.5 cm³/mol. The first-order valence-corrected chi connectivity index (χ1v) is 8.38. The quantitative estimate of drug-likeness (QED) is 0.713. The highest BCUT2D eigenvalue weighted by Gasteiger charge is 2.22. The molecule has 0 saturated heterocycles. The Balaban J connectivity index is 1.92. The lowest BCUT2D eigenvalue weighted by atomic mass is 10.0. The fourth-order valence-electron chi connectivity index (χ4n) is 3.15. The summed E-state index contributed by atoms with van der Waals surface area (Å²) in [4.78, 5) is 9.31. The van der Waals surface area contributed by atoms with Crippen molar-refractivity contribution in [1.82, 2.24) is 9.97 Å². The third-order valence-corrected chi connectivity index (χ3v) is 4.36. The number of phenols is 1. The molecular weight excluding hydrogens is 288 g/mol. The molecule has 0 aliphatic heterocycles. The van der Waals surface area contributed by atoms with Gasteiger partial charge in [0.25, 0.3) is 0 Å². The van der Waals surface area contributed by atoms with Crippen LogP contribution in [0.4, 0.5) is 5.69 Å². The van der Waals surface area contributed by atoms with Crippen LogP contribution in [0.15, 0.2) is 30.5 Å². The summed E-state index contributed by atoms with van der Waals surface area (Å²) >= 11 is 0. The molecule has 3 rings (SSSR count). The number of nitrogens with one attached hydrogen (secondary N) is 1. The van der Waals surface area contributed by atoms with Gasteiger partial charge in [-0.25, -0.2) is 9.97 Å². The molecule has 122 valence electrons. The molecule has 5 heteroatoms. The van der Waals surface area contributed by atoms with Gasteiger partial charge in [-0.3, -0.25) is 0 Å². The van der Waals surface area contributed by atoms with Gasteiger partial charge >= 0.3 is 0 Å². The molecule has 1 aliphatic carbocycles. The van der Waals surface area contributed by atoms with Gasteiger partial charge in [0.2, 0.25) is 0 Å². The van der Waals surface area contributed by atoms with Crippen molar-refractivity contribution in [1.29, 1.82) is 0 Å². The van der Waals surface area contributed by atoms with E-state index in [0.29, 0.717) is 18.3 Å². The highest BCUT2D eigenvalue weighted by molar-refractivity contribution is 5.60. The zero-order chi connectivity index (χ0) is 16.1. The van der Waals surface area contributed by atoms with Crippen LogP contribution < -0.4 is 11.1 Å². The first-order chi connectivity index (χ1) is 11.3. The predicted octanol–water partition coefficient (Wildman–Crippen LogP) is 3.27. The highest BCUT2D eigenvalue weighted by Crippen LogP contribution is 2.37. The van der Waals surface area contributed by atoms with Gasteiger partial charge in [-0.15, -0.1) is 0 Å². The van der Waals surface area contributed by atoms with Gasteiger partial charge in [0, 0.05) is 18.0 Å². The average Bonchev–Trinajstić information content (AvgIpc) is 3.10. The van der Waals surface area contributed by atoms with E-state index in [2.05, 4.69) is 10.3 Å². The molecule has 4 N–H and O–H groups in total. The van der Waals surface area contributed by atoms with Crippen molar-refractivity contribution in [3.05, 3.63) is 36.2 Å². The Bertz CT molecular complexity index is 653. The van der Waals surface area contributed by atoms with E-state index in [-0.39, 0.29) is 5.75 Å². The van der Waals surface area contributed by atoms with E-state index in [1.54, 1.807) is 12.1 Å². The minimum Gasteiger partial charge on any atom is -0.508 e. The first kappa shape index (κ1) is 15.7. The molecule has 0 unspecified atom stereocenters. The Morgan fingerprint density at radius 3 is 2.83 bits per heavy atom. The van der Waals surface area contributed by atoms with Gasteiger partial charge in [-0.2, -0.15) is 0 Å². The minimum atomic E-state index is 0.235. The van der Waals surface area contributed by atoms with Crippen molar-refractivity contribution in [3.8, 4) is 17.1 Å². The normalized spacial score (nSPS) is 15.0. The van der Waals surface area contributed by atoms with E-state index in [4.69, 9.17) is 10.7 Å². The largest absolute Gasteiger partial charge is 0.508 e. The molecule has 0 amide bonds. The number of anilines is 1. The maximum absolute atomic E-state index is 9.67. The molecule has 0 bridgehead atoms. The summed E-state index contributed by atoms with van der Waals surface area (Å²) in [5, 5.41) is 13.1. The number of hydrogen-bond donors (Lipinski definition) is 3. The second-order valence-corrected chi connectivity index (χ2v) is 6.09. The number of nitrogens with zero attached hydrogens (tertiary/aromatic N) is 2. The van der Waals surface area contributed by atoms with Crippen molar-refractivity contribution in [2.45, 2.75) is 38.0 Å². The fraction of sp³-hybridized carbons (Fsp3) is 0.444. The fourth-order valence-corrected chi connectivity index (χ4v) is 3.15.